The molecule has 0 amide bonds. The molecule has 0 saturated heterocycles. The molecule has 4 rings (SSSR count). The number of benzene rings is 3. The van der Waals surface area contributed by atoms with E-state index < -0.39 is 10.0 Å². The number of fused-ring (bicyclic) bond motifs is 1. The van der Waals surface area contributed by atoms with Crippen LogP contribution in [-0.2, 0) is 16.6 Å². The van der Waals surface area contributed by atoms with Gasteiger partial charge in [0.15, 0.2) is 0 Å². The number of hydrogen-bond acceptors (Lipinski definition) is 4. The minimum atomic E-state index is -3.73. The minimum absolute atomic E-state index is 0.190. The first-order chi connectivity index (χ1) is 13.9. The molecule has 148 valence electrons. The summed E-state index contributed by atoms with van der Waals surface area (Å²) >= 11 is 0. The second-order valence-electron chi connectivity index (χ2n) is 6.91. The lowest BCUT2D eigenvalue weighted by atomic mass is 10.2. The highest BCUT2D eigenvalue weighted by Crippen LogP contribution is 2.33. The highest BCUT2D eigenvalue weighted by atomic mass is 32.2. The third-order valence-electron chi connectivity index (χ3n) is 4.72. The van der Waals surface area contributed by atoms with E-state index in [1.54, 1.807) is 30.3 Å². The van der Waals surface area contributed by atoms with Crippen LogP contribution in [0.5, 0.6) is 5.75 Å². The quantitative estimate of drug-likeness (QED) is 0.463. The Morgan fingerprint density at radius 2 is 1.66 bits per heavy atom. The Labute approximate surface area is 170 Å². The van der Waals surface area contributed by atoms with E-state index in [1.807, 2.05) is 56.3 Å². The van der Waals surface area contributed by atoms with Crippen LogP contribution in [0.2, 0.25) is 0 Å². The number of sulfonamides is 1. The molecule has 1 heterocycles. The zero-order chi connectivity index (χ0) is 20.4. The van der Waals surface area contributed by atoms with Crippen molar-refractivity contribution in [3.05, 3.63) is 89.5 Å². The molecular weight excluding hydrogens is 386 g/mol. The van der Waals surface area contributed by atoms with Crippen molar-refractivity contribution in [1.82, 2.24) is 0 Å². The van der Waals surface area contributed by atoms with Crippen LogP contribution in [0.4, 0.5) is 5.88 Å². The van der Waals surface area contributed by atoms with E-state index in [9.17, 15) is 8.42 Å². The van der Waals surface area contributed by atoms with Gasteiger partial charge in [-0.05, 0) is 43.7 Å². The number of nitrogens with one attached hydrogen (secondary N) is 1. The van der Waals surface area contributed by atoms with Crippen molar-refractivity contribution in [2.24, 2.45) is 0 Å². The Bertz CT molecular complexity index is 1240. The molecule has 0 aliphatic carbocycles. The molecule has 0 saturated carbocycles. The summed E-state index contributed by atoms with van der Waals surface area (Å²) < 4.78 is 39.5. The number of furan rings is 1. The summed E-state index contributed by atoms with van der Waals surface area (Å²) in [6.45, 7) is 4.17. The van der Waals surface area contributed by atoms with Gasteiger partial charge in [-0.15, -0.1) is 0 Å². The number of hydrogen-bond donors (Lipinski definition) is 1. The van der Waals surface area contributed by atoms with Crippen LogP contribution >= 0.6 is 0 Å². The number of aryl methyl sites for hydroxylation is 2. The summed E-state index contributed by atoms with van der Waals surface area (Å²) in [4.78, 5) is 0.190. The summed E-state index contributed by atoms with van der Waals surface area (Å²) in [6.07, 6.45) is 0. The Balaban J connectivity index is 1.57. The maximum atomic E-state index is 12.7. The van der Waals surface area contributed by atoms with E-state index in [0.717, 1.165) is 22.1 Å². The second-order valence-corrected chi connectivity index (χ2v) is 8.59. The van der Waals surface area contributed by atoms with E-state index in [-0.39, 0.29) is 10.8 Å². The minimum Gasteiger partial charge on any atom is -0.489 e. The topological polar surface area (TPSA) is 68.5 Å². The van der Waals surface area contributed by atoms with Crippen molar-refractivity contribution >= 4 is 26.9 Å². The smallest absolute Gasteiger partial charge is 0.264 e. The van der Waals surface area contributed by atoms with Crippen molar-refractivity contribution in [3.8, 4) is 5.75 Å². The van der Waals surface area contributed by atoms with Gasteiger partial charge in [0.05, 0.1) is 4.90 Å². The largest absolute Gasteiger partial charge is 0.489 e. The van der Waals surface area contributed by atoms with Crippen LogP contribution in [0.25, 0.3) is 11.0 Å². The summed E-state index contributed by atoms with van der Waals surface area (Å²) in [5, 5.41) is 0.832. The van der Waals surface area contributed by atoms with Crippen molar-refractivity contribution < 1.29 is 17.6 Å². The van der Waals surface area contributed by atoms with Crippen LogP contribution < -0.4 is 9.46 Å². The third kappa shape index (κ3) is 4.12. The summed E-state index contributed by atoms with van der Waals surface area (Å²) in [5.41, 5.74) is 3.35. The standard InChI is InChI=1S/C23H21NO4S/c1-16-8-11-20(12-9-16)29(25,26)24-23-17(2)21-13-10-19(14-22(21)28-23)27-15-18-6-4-3-5-7-18/h3-14,24H,15H2,1-2H3. The molecule has 0 bridgehead atoms. The van der Waals surface area contributed by atoms with Crippen LogP contribution in [0.15, 0.2) is 82.1 Å². The van der Waals surface area contributed by atoms with Crippen LogP contribution in [0.3, 0.4) is 0 Å². The predicted molar refractivity (Wildman–Crippen MR) is 114 cm³/mol. The molecule has 3 aromatic carbocycles. The lowest BCUT2D eigenvalue weighted by molar-refractivity contribution is 0.306. The van der Waals surface area contributed by atoms with Gasteiger partial charge in [-0.2, -0.15) is 0 Å². The first kappa shape index (κ1) is 19.1. The van der Waals surface area contributed by atoms with Crippen molar-refractivity contribution in [2.75, 3.05) is 4.72 Å². The van der Waals surface area contributed by atoms with E-state index in [4.69, 9.17) is 9.15 Å². The predicted octanol–water partition coefficient (Wildman–Crippen LogP) is 5.43. The molecule has 0 spiro atoms. The lowest BCUT2D eigenvalue weighted by Gasteiger charge is -2.06. The first-order valence-electron chi connectivity index (χ1n) is 9.22. The maximum Gasteiger partial charge on any atom is 0.264 e. The lowest BCUT2D eigenvalue weighted by Crippen LogP contribution is -2.13. The Kier molecular flexibility index (Phi) is 5.03. The van der Waals surface area contributed by atoms with Crippen LogP contribution in [-0.4, -0.2) is 8.42 Å². The molecule has 1 aromatic heterocycles. The Morgan fingerprint density at radius 3 is 2.38 bits per heavy atom. The normalized spacial score (nSPS) is 11.5. The highest BCUT2D eigenvalue weighted by Gasteiger charge is 2.19. The second kappa shape index (κ2) is 7.64. The molecule has 0 aliphatic rings. The van der Waals surface area contributed by atoms with Gasteiger partial charge in [0.2, 0.25) is 5.88 Å². The molecule has 1 N–H and O–H groups in total. The van der Waals surface area contributed by atoms with E-state index >= 15 is 0 Å². The molecule has 0 unspecified atom stereocenters. The maximum absolute atomic E-state index is 12.7. The van der Waals surface area contributed by atoms with E-state index in [1.165, 1.54) is 0 Å². The third-order valence-corrected chi connectivity index (χ3v) is 6.06. The van der Waals surface area contributed by atoms with Gasteiger partial charge in [0.1, 0.15) is 17.9 Å². The molecule has 0 atom stereocenters. The summed E-state index contributed by atoms with van der Waals surface area (Å²) in [5.74, 6) is 0.865. The van der Waals surface area contributed by atoms with Crippen molar-refractivity contribution in [3.63, 3.8) is 0 Å². The van der Waals surface area contributed by atoms with E-state index in [2.05, 4.69) is 4.72 Å². The molecule has 0 radical (unpaired) electrons. The summed E-state index contributed by atoms with van der Waals surface area (Å²) in [6, 6.07) is 22.0. The number of anilines is 1. The molecule has 4 aromatic rings. The van der Waals surface area contributed by atoms with Gasteiger partial charge in [-0.25, -0.2) is 13.1 Å². The fourth-order valence-corrected chi connectivity index (χ4v) is 4.08. The molecule has 29 heavy (non-hydrogen) atoms. The zero-order valence-electron chi connectivity index (χ0n) is 16.2. The fourth-order valence-electron chi connectivity index (χ4n) is 3.03. The average molecular weight is 407 g/mol. The van der Waals surface area contributed by atoms with E-state index in [0.29, 0.717) is 17.9 Å². The highest BCUT2D eigenvalue weighted by molar-refractivity contribution is 7.92. The molecular formula is C23H21NO4S. The van der Waals surface area contributed by atoms with Crippen molar-refractivity contribution in [1.29, 1.82) is 0 Å². The van der Waals surface area contributed by atoms with Gasteiger partial charge < -0.3 is 9.15 Å². The first-order valence-corrected chi connectivity index (χ1v) is 10.7. The Hall–Kier alpha value is -3.25. The molecule has 0 fully saturated rings. The van der Waals surface area contributed by atoms with Crippen LogP contribution in [0, 0.1) is 13.8 Å². The molecule has 0 aliphatic heterocycles. The molecule has 6 heteroatoms. The van der Waals surface area contributed by atoms with Gasteiger partial charge in [-0.1, -0.05) is 48.0 Å². The van der Waals surface area contributed by atoms with Gasteiger partial charge >= 0.3 is 0 Å². The summed E-state index contributed by atoms with van der Waals surface area (Å²) in [7, 11) is -3.73. The van der Waals surface area contributed by atoms with Gasteiger partial charge in [0.25, 0.3) is 10.0 Å². The van der Waals surface area contributed by atoms with Crippen LogP contribution in [0.1, 0.15) is 16.7 Å². The molecule has 5 nitrogen and oxygen atoms in total. The zero-order valence-corrected chi connectivity index (χ0v) is 17.0. The monoisotopic (exact) mass is 407 g/mol. The van der Waals surface area contributed by atoms with Gasteiger partial charge in [0, 0.05) is 17.0 Å². The Morgan fingerprint density at radius 1 is 0.931 bits per heavy atom. The number of rotatable bonds is 6. The fraction of sp³-hybridized carbons (Fsp3) is 0.130. The van der Waals surface area contributed by atoms with Crippen molar-refractivity contribution in [2.45, 2.75) is 25.3 Å². The number of ether oxygens (including phenoxy) is 1. The average Bonchev–Trinajstić information content (AvgIpc) is 3.02. The SMILES string of the molecule is Cc1ccc(S(=O)(=O)Nc2oc3cc(OCc4ccccc4)ccc3c2C)cc1. The van der Waals surface area contributed by atoms with Gasteiger partial charge in [-0.3, -0.25) is 0 Å².